The SMILES string of the molecule is CC(=O)NC[C@H]1CN(c2ccc(N(C)C3CCN(C(=O)/C=C/c4ccc5c(c4)OCO5)CC3)c(F)c2)C(=O)O1. The normalized spacial score (nSPS) is 18.9. The van der Waals surface area contributed by atoms with Crippen LogP contribution in [0.1, 0.15) is 25.3 Å². The first-order valence-electron chi connectivity index (χ1n) is 12.9. The maximum atomic E-state index is 15.2. The van der Waals surface area contributed by atoms with Crippen LogP contribution in [0, 0.1) is 5.82 Å². The number of anilines is 2. The number of rotatable bonds is 7. The largest absolute Gasteiger partial charge is 0.454 e. The van der Waals surface area contributed by atoms with Gasteiger partial charge in [-0.05, 0) is 54.8 Å². The summed E-state index contributed by atoms with van der Waals surface area (Å²) in [7, 11) is 1.84. The van der Waals surface area contributed by atoms with Crippen molar-refractivity contribution >= 4 is 35.4 Å². The minimum absolute atomic E-state index is 0.0611. The van der Waals surface area contributed by atoms with Crippen molar-refractivity contribution in [2.75, 3.05) is 49.8 Å². The maximum absolute atomic E-state index is 15.2. The molecule has 1 atom stereocenters. The second kappa shape index (κ2) is 11.2. The molecule has 3 aliphatic heterocycles. The van der Waals surface area contributed by atoms with Crippen LogP contribution in [0.5, 0.6) is 11.5 Å². The number of amides is 3. The van der Waals surface area contributed by atoms with Crippen molar-refractivity contribution in [1.82, 2.24) is 10.2 Å². The molecule has 0 aliphatic carbocycles. The predicted molar refractivity (Wildman–Crippen MR) is 142 cm³/mol. The Morgan fingerprint density at radius 2 is 1.90 bits per heavy atom. The molecule has 2 saturated heterocycles. The van der Waals surface area contributed by atoms with Crippen LogP contribution in [0.2, 0.25) is 0 Å². The van der Waals surface area contributed by atoms with Crippen LogP contribution in [-0.4, -0.2) is 75.0 Å². The summed E-state index contributed by atoms with van der Waals surface area (Å²) in [5.41, 5.74) is 1.68. The molecular formula is C28H31FN4O6. The fourth-order valence-corrected chi connectivity index (χ4v) is 5.01. The molecule has 0 bridgehead atoms. The number of hydrogen-bond acceptors (Lipinski definition) is 7. The number of piperidine rings is 1. The second-order valence-electron chi connectivity index (χ2n) is 9.80. The molecule has 2 aromatic carbocycles. The first kappa shape index (κ1) is 26.3. The lowest BCUT2D eigenvalue weighted by molar-refractivity contribution is -0.127. The number of fused-ring (bicyclic) bond motifs is 1. The quantitative estimate of drug-likeness (QED) is 0.541. The number of hydrogen-bond donors (Lipinski definition) is 1. The van der Waals surface area contributed by atoms with E-state index in [2.05, 4.69) is 5.32 Å². The van der Waals surface area contributed by atoms with E-state index in [0.717, 1.165) is 5.56 Å². The smallest absolute Gasteiger partial charge is 0.414 e. The van der Waals surface area contributed by atoms with Crippen molar-refractivity contribution in [3.63, 3.8) is 0 Å². The third-order valence-corrected chi connectivity index (χ3v) is 7.21. The summed E-state index contributed by atoms with van der Waals surface area (Å²) in [6.07, 6.45) is 3.65. The number of carbonyl (C=O) groups excluding carboxylic acids is 3. The maximum Gasteiger partial charge on any atom is 0.414 e. The lowest BCUT2D eigenvalue weighted by atomic mass is 10.0. The number of ether oxygens (including phenoxy) is 3. The lowest BCUT2D eigenvalue weighted by Gasteiger charge is -2.37. The molecule has 5 rings (SSSR count). The van der Waals surface area contributed by atoms with Crippen LogP contribution in [0.4, 0.5) is 20.6 Å². The van der Waals surface area contributed by atoms with E-state index in [-0.39, 0.29) is 37.7 Å². The zero-order chi connectivity index (χ0) is 27.5. The van der Waals surface area contributed by atoms with E-state index in [1.54, 1.807) is 29.2 Å². The van der Waals surface area contributed by atoms with Gasteiger partial charge < -0.3 is 29.3 Å². The molecule has 10 nitrogen and oxygen atoms in total. The summed E-state index contributed by atoms with van der Waals surface area (Å²) in [4.78, 5) is 41.2. The molecule has 0 aromatic heterocycles. The summed E-state index contributed by atoms with van der Waals surface area (Å²) < 4.78 is 31.1. The molecule has 0 spiro atoms. The van der Waals surface area contributed by atoms with Gasteiger partial charge in [-0.2, -0.15) is 0 Å². The van der Waals surface area contributed by atoms with Crippen molar-refractivity contribution in [2.45, 2.75) is 31.9 Å². The summed E-state index contributed by atoms with van der Waals surface area (Å²) in [5.74, 6) is 0.634. The highest BCUT2D eigenvalue weighted by atomic mass is 19.1. The van der Waals surface area contributed by atoms with Crippen LogP contribution >= 0.6 is 0 Å². The third kappa shape index (κ3) is 5.92. The number of likely N-dealkylation sites (tertiary alicyclic amines) is 1. The number of halogens is 1. The number of benzene rings is 2. The summed E-state index contributed by atoms with van der Waals surface area (Å²) in [6.45, 7) is 3.15. The molecule has 1 N–H and O–H groups in total. The van der Waals surface area contributed by atoms with Gasteiger partial charge in [0.15, 0.2) is 11.5 Å². The van der Waals surface area contributed by atoms with Gasteiger partial charge in [-0.25, -0.2) is 9.18 Å². The van der Waals surface area contributed by atoms with E-state index in [9.17, 15) is 14.4 Å². The minimum Gasteiger partial charge on any atom is -0.454 e. The van der Waals surface area contributed by atoms with Gasteiger partial charge in [0, 0.05) is 39.2 Å². The fraction of sp³-hybridized carbons (Fsp3) is 0.393. The topological polar surface area (TPSA) is 101 Å². The highest BCUT2D eigenvalue weighted by Crippen LogP contribution is 2.33. The zero-order valence-corrected chi connectivity index (χ0v) is 21.9. The molecule has 3 heterocycles. The Labute approximate surface area is 225 Å². The molecule has 2 fully saturated rings. The van der Waals surface area contributed by atoms with Crippen LogP contribution < -0.4 is 24.6 Å². The molecule has 3 aliphatic rings. The van der Waals surface area contributed by atoms with Crippen LogP contribution in [-0.2, 0) is 14.3 Å². The molecule has 0 unspecified atom stereocenters. The molecular weight excluding hydrogens is 507 g/mol. The van der Waals surface area contributed by atoms with E-state index < -0.39 is 18.0 Å². The molecule has 0 saturated carbocycles. The van der Waals surface area contributed by atoms with E-state index in [4.69, 9.17) is 14.2 Å². The van der Waals surface area contributed by atoms with Gasteiger partial charge in [0.2, 0.25) is 18.6 Å². The Morgan fingerprint density at radius 1 is 1.13 bits per heavy atom. The highest BCUT2D eigenvalue weighted by Gasteiger charge is 2.33. The molecule has 11 heteroatoms. The summed E-state index contributed by atoms with van der Waals surface area (Å²) >= 11 is 0. The lowest BCUT2D eigenvalue weighted by Crippen LogP contribution is -2.45. The van der Waals surface area contributed by atoms with Crippen molar-refractivity contribution in [3.8, 4) is 11.5 Å². The average molecular weight is 539 g/mol. The van der Waals surface area contributed by atoms with Crippen LogP contribution in [0.25, 0.3) is 6.08 Å². The van der Waals surface area contributed by atoms with Gasteiger partial charge in [-0.3, -0.25) is 14.5 Å². The van der Waals surface area contributed by atoms with Crippen LogP contribution in [0.3, 0.4) is 0 Å². The van der Waals surface area contributed by atoms with Gasteiger partial charge >= 0.3 is 6.09 Å². The highest BCUT2D eigenvalue weighted by molar-refractivity contribution is 5.92. The third-order valence-electron chi connectivity index (χ3n) is 7.21. The van der Waals surface area contributed by atoms with E-state index in [1.165, 1.54) is 17.9 Å². The molecule has 0 radical (unpaired) electrons. The Kier molecular flexibility index (Phi) is 7.58. The molecule has 3 amide bonds. The number of nitrogens with one attached hydrogen (secondary N) is 1. The van der Waals surface area contributed by atoms with Crippen LogP contribution in [0.15, 0.2) is 42.5 Å². The van der Waals surface area contributed by atoms with Gasteiger partial charge in [-0.15, -0.1) is 0 Å². The van der Waals surface area contributed by atoms with Gasteiger partial charge in [0.05, 0.1) is 24.5 Å². The van der Waals surface area contributed by atoms with Crippen molar-refractivity contribution < 1.29 is 33.0 Å². The molecule has 2 aromatic rings. The van der Waals surface area contributed by atoms with E-state index in [0.29, 0.717) is 48.8 Å². The standard InChI is InChI=1S/C28H31FN4O6/c1-18(34)30-15-22-16-33(28(36)39-22)21-5-6-24(23(29)14-21)31(2)20-9-11-32(12-10-20)27(35)8-4-19-3-7-25-26(13-19)38-17-37-25/h3-8,13-14,20,22H,9-12,15-17H2,1-2H3,(H,30,34)/b8-4+/t22-/m0/s1. The van der Waals surface area contributed by atoms with Crippen molar-refractivity contribution in [1.29, 1.82) is 0 Å². The zero-order valence-electron chi connectivity index (χ0n) is 21.9. The Morgan fingerprint density at radius 3 is 2.64 bits per heavy atom. The number of carbonyl (C=O) groups is 3. The first-order chi connectivity index (χ1) is 18.8. The Balaban J connectivity index is 1.15. The monoisotopic (exact) mass is 538 g/mol. The summed E-state index contributed by atoms with van der Waals surface area (Å²) in [6, 6.07) is 10.3. The van der Waals surface area contributed by atoms with Crippen molar-refractivity contribution in [3.05, 3.63) is 53.9 Å². The second-order valence-corrected chi connectivity index (χ2v) is 9.80. The van der Waals surface area contributed by atoms with Gasteiger partial charge in [-0.1, -0.05) is 6.07 Å². The van der Waals surface area contributed by atoms with Crippen molar-refractivity contribution in [2.24, 2.45) is 0 Å². The Bertz CT molecular complexity index is 1290. The molecule has 206 valence electrons. The first-order valence-corrected chi connectivity index (χ1v) is 12.9. The number of nitrogens with zero attached hydrogens (tertiary/aromatic N) is 3. The predicted octanol–water partition coefficient (Wildman–Crippen LogP) is 3.16. The van der Waals surface area contributed by atoms with E-state index in [1.807, 2.05) is 30.1 Å². The molecule has 39 heavy (non-hydrogen) atoms. The Hall–Kier alpha value is -4.28. The average Bonchev–Trinajstić information content (AvgIpc) is 3.56. The van der Waals surface area contributed by atoms with E-state index >= 15 is 4.39 Å². The van der Waals surface area contributed by atoms with Gasteiger partial charge in [0.1, 0.15) is 11.9 Å². The fourth-order valence-electron chi connectivity index (χ4n) is 5.01. The number of cyclic esters (lactones) is 1. The summed E-state index contributed by atoms with van der Waals surface area (Å²) in [5, 5.41) is 2.62. The minimum atomic E-state index is -0.574. The van der Waals surface area contributed by atoms with Gasteiger partial charge in [0.25, 0.3) is 0 Å².